The number of halogens is 1. The maximum Gasteiger partial charge on any atom is 0.191 e. The van der Waals surface area contributed by atoms with Gasteiger partial charge in [0.15, 0.2) is 5.96 Å². The number of hydrogen-bond donors (Lipinski definition) is 2. The first-order valence-electron chi connectivity index (χ1n) is 9.37. The van der Waals surface area contributed by atoms with Crippen molar-refractivity contribution in [3.63, 3.8) is 0 Å². The predicted molar refractivity (Wildman–Crippen MR) is 111 cm³/mol. The monoisotopic (exact) mass is 389 g/mol. The van der Waals surface area contributed by atoms with Gasteiger partial charge in [-0.2, -0.15) is 0 Å². The van der Waals surface area contributed by atoms with Crippen molar-refractivity contribution < 1.29 is 4.39 Å². The second-order valence-corrected chi connectivity index (χ2v) is 8.32. The van der Waals surface area contributed by atoms with Crippen LogP contribution in [0.25, 0.3) is 0 Å². The van der Waals surface area contributed by atoms with Crippen molar-refractivity contribution in [1.29, 1.82) is 0 Å². The Morgan fingerprint density at radius 1 is 1.37 bits per heavy atom. The van der Waals surface area contributed by atoms with Crippen LogP contribution in [0.15, 0.2) is 23.2 Å². The summed E-state index contributed by atoms with van der Waals surface area (Å²) in [7, 11) is 1.79. The highest BCUT2D eigenvalue weighted by Crippen LogP contribution is 2.24. The van der Waals surface area contributed by atoms with Crippen LogP contribution in [0.4, 0.5) is 10.1 Å². The second kappa shape index (κ2) is 8.69. The van der Waals surface area contributed by atoms with Gasteiger partial charge in [0.25, 0.3) is 0 Å². The molecule has 0 saturated carbocycles. The van der Waals surface area contributed by atoms with Crippen LogP contribution in [0.5, 0.6) is 0 Å². The summed E-state index contributed by atoms with van der Waals surface area (Å²) in [4.78, 5) is 12.5. The number of guanidine groups is 1. The van der Waals surface area contributed by atoms with E-state index in [1.807, 2.05) is 19.9 Å². The number of rotatable bonds is 4. The molecule has 2 aromatic rings. The lowest BCUT2D eigenvalue weighted by Gasteiger charge is -2.36. The van der Waals surface area contributed by atoms with E-state index in [2.05, 4.69) is 32.4 Å². The molecule has 0 amide bonds. The predicted octanol–water partition coefficient (Wildman–Crippen LogP) is 3.54. The van der Waals surface area contributed by atoms with Crippen LogP contribution in [0.1, 0.15) is 34.0 Å². The Morgan fingerprint density at radius 2 is 2.19 bits per heavy atom. The molecule has 0 spiro atoms. The van der Waals surface area contributed by atoms with E-state index in [0.29, 0.717) is 12.6 Å². The van der Waals surface area contributed by atoms with Gasteiger partial charge in [-0.3, -0.25) is 4.99 Å². The quantitative estimate of drug-likeness (QED) is 0.620. The Bertz CT molecular complexity index is 797. The van der Waals surface area contributed by atoms with Gasteiger partial charge < -0.3 is 15.5 Å². The number of anilines is 1. The summed E-state index contributed by atoms with van der Waals surface area (Å²) in [5.74, 6) is 0.614. The number of nitrogens with zero attached hydrogens (tertiary/aromatic N) is 3. The molecule has 1 aliphatic heterocycles. The molecule has 27 heavy (non-hydrogen) atoms. The van der Waals surface area contributed by atoms with E-state index in [1.54, 1.807) is 24.5 Å². The lowest BCUT2D eigenvalue weighted by molar-refractivity contribution is 0.467. The maximum atomic E-state index is 13.4. The fourth-order valence-electron chi connectivity index (χ4n) is 3.45. The molecule has 146 valence electrons. The van der Waals surface area contributed by atoms with Gasteiger partial charge in [0.2, 0.25) is 0 Å². The van der Waals surface area contributed by atoms with Crippen LogP contribution in [0.3, 0.4) is 0 Å². The highest BCUT2D eigenvalue weighted by molar-refractivity contribution is 7.11. The van der Waals surface area contributed by atoms with E-state index in [1.165, 1.54) is 10.9 Å². The number of aromatic nitrogens is 1. The minimum atomic E-state index is -0.180. The standard InChI is InChI=1S/C20H28FN5S/c1-13-10-16(21)7-8-18(13)26-9-5-6-17(12-26)25-20(22-4)23-11-19-24-14(2)15(3)27-19/h7-8,10,17H,5-6,9,11-12H2,1-4H3,(H2,22,23,25). The van der Waals surface area contributed by atoms with Crippen LogP contribution >= 0.6 is 11.3 Å². The van der Waals surface area contributed by atoms with Gasteiger partial charge in [-0.15, -0.1) is 11.3 Å². The molecular weight excluding hydrogens is 361 g/mol. The summed E-state index contributed by atoms with van der Waals surface area (Å²) in [5, 5.41) is 7.96. The zero-order valence-electron chi connectivity index (χ0n) is 16.5. The molecule has 3 rings (SSSR count). The normalized spacial score (nSPS) is 17.9. The third kappa shape index (κ3) is 4.97. The summed E-state index contributed by atoms with van der Waals surface area (Å²) in [6.07, 6.45) is 2.18. The van der Waals surface area contributed by atoms with Crippen LogP contribution in [0.2, 0.25) is 0 Å². The first-order valence-corrected chi connectivity index (χ1v) is 10.2. The van der Waals surface area contributed by atoms with E-state index >= 15 is 0 Å². The summed E-state index contributed by atoms with van der Waals surface area (Å²) >= 11 is 1.72. The number of nitrogens with one attached hydrogen (secondary N) is 2. The second-order valence-electron chi connectivity index (χ2n) is 7.04. The average Bonchev–Trinajstić information content (AvgIpc) is 2.96. The Morgan fingerprint density at radius 3 is 2.85 bits per heavy atom. The molecule has 0 bridgehead atoms. The van der Waals surface area contributed by atoms with Gasteiger partial charge in [-0.05, 0) is 57.4 Å². The lowest BCUT2D eigenvalue weighted by Crippen LogP contribution is -2.51. The zero-order chi connectivity index (χ0) is 19.4. The Balaban J connectivity index is 1.58. The first-order chi connectivity index (χ1) is 13.0. The third-order valence-corrected chi connectivity index (χ3v) is 6.04. The zero-order valence-corrected chi connectivity index (χ0v) is 17.3. The number of piperidine rings is 1. The van der Waals surface area contributed by atoms with E-state index in [0.717, 1.165) is 53.8 Å². The largest absolute Gasteiger partial charge is 0.369 e. The number of thiazole rings is 1. The number of benzene rings is 1. The van der Waals surface area contributed by atoms with E-state index in [9.17, 15) is 4.39 Å². The minimum Gasteiger partial charge on any atom is -0.369 e. The topological polar surface area (TPSA) is 52.6 Å². The molecule has 1 saturated heterocycles. The van der Waals surface area contributed by atoms with E-state index < -0.39 is 0 Å². The number of hydrogen-bond acceptors (Lipinski definition) is 4. The number of aryl methyl sites for hydroxylation is 3. The highest BCUT2D eigenvalue weighted by atomic mass is 32.1. The molecule has 0 radical (unpaired) electrons. The van der Waals surface area contributed by atoms with E-state index in [-0.39, 0.29) is 5.82 Å². The van der Waals surface area contributed by atoms with Gasteiger partial charge in [0.1, 0.15) is 10.8 Å². The molecule has 1 unspecified atom stereocenters. The van der Waals surface area contributed by atoms with Gasteiger partial charge in [-0.25, -0.2) is 9.37 Å². The van der Waals surface area contributed by atoms with Crippen LogP contribution in [0, 0.1) is 26.6 Å². The summed E-state index contributed by atoms with van der Waals surface area (Å²) in [6.45, 7) is 8.64. The Kier molecular flexibility index (Phi) is 6.31. The summed E-state index contributed by atoms with van der Waals surface area (Å²) in [5.41, 5.74) is 3.18. The fraction of sp³-hybridized carbons (Fsp3) is 0.500. The van der Waals surface area contributed by atoms with Crippen molar-refractivity contribution in [2.45, 2.75) is 46.2 Å². The summed E-state index contributed by atoms with van der Waals surface area (Å²) in [6, 6.07) is 5.32. The molecule has 1 aromatic carbocycles. The van der Waals surface area contributed by atoms with Gasteiger partial charge in [-0.1, -0.05) is 0 Å². The highest BCUT2D eigenvalue weighted by Gasteiger charge is 2.22. The molecule has 1 atom stereocenters. The molecule has 2 heterocycles. The van der Waals surface area contributed by atoms with Crippen molar-refractivity contribution in [3.05, 3.63) is 45.2 Å². The number of aliphatic imine (C=N–C) groups is 1. The molecule has 5 nitrogen and oxygen atoms in total. The van der Waals surface area contributed by atoms with Gasteiger partial charge in [0.05, 0.1) is 12.2 Å². The van der Waals surface area contributed by atoms with Crippen molar-refractivity contribution in [1.82, 2.24) is 15.6 Å². The smallest absolute Gasteiger partial charge is 0.191 e. The molecule has 1 aliphatic rings. The van der Waals surface area contributed by atoms with Crippen molar-refractivity contribution in [2.75, 3.05) is 25.0 Å². The summed E-state index contributed by atoms with van der Waals surface area (Å²) < 4.78 is 13.4. The van der Waals surface area contributed by atoms with Crippen molar-refractivity contribution in [3.8, 4) is 0 Å². The molecular formula is C20H28FN5S. The Labute approximate surface area is 164 Å². The van der Waals surface area contributed by atoms with Crippen LogP contribution < -0.4 is 15.5 Å². The van der Waals surface area contributed by atoms with Crippen LogP contribution in [-0.2, 0) is 6.54 Å². The third-order valence-electron chi connectivity index (χ3n) is 4.97. The molecule has 1 fully saturated rings. The average molecular weight is 390 g/mol. The molecule has 7 heteroatoms. The first kappa shape index (κ1) is 19.6. The minimum absolute atomic E-state index is 0.180. The van der Waals surface area contributed by atoms with Crippen molar-refractivity contribution >= 4 is 23.0 Å². The lowest BCUT2D eigenvalue weighted by atomic mass is 10.0. The maximum absolute atomic E-state index is 13.4. The molecule has 1 aromatic heterocycles. The van der Waals surface area contributed by atoms with E-state index in [4.69, 9.17) is 0 Å². The Hall–Kier alpha value is -2.15. The molecule has 2 N–H and O–H groups in total. The fourth-order valence-corrected chi connectivity index (χ4v) is 4.32. The van der Waals surface area contributed by atoms with Crippen LogP contribution in [-0.4, -0.2) is 37.1 Å². The van der Waals surface area contributed by atoms with Gasteiger partial charge >= 0.3 is 0 Å². The SMILES string of the molecule is CN=C(NCc1nc(C)c(C)s1)NC1CCCN(c2ccc(F)cc2C)C1. The van der Waals surface area contributed by atoms with Gasteiger partial charge in [0, 0.05) is 36.7 Å². The molecule has 0 aliphatic carbocycles. The van der Waals surface area contributed by atoms with Crippen molar-refractivity contribution in [2.24, 2.45) is 4.99 Å².